The Bertz CT molecular complexity index is 870. The maximum Gasteiger partial charge on any atom is 0.257 e. The van der Waals surface area contributed by atoms with Crippen molar-refractivity contribution in [1.82, 2.24) is 5.32 Å². The van der Waals surface area contributed by atoms with Crippen LogP contribution in [0.4, 0.5) is 5.69 Å². The molecule has 0 spiro atoms. The number of anilines is 1. The molecule has 2 aromatic rings. The smallest absolute Gasteiger partial charge is 0.257 e. The van der Waals surface area contributed by atoms with Crippen molar-refractivity contribution in [2.45, 2.75) is 12.8 Å². The van der Waals surface area contributed by atoms with Gasteiger partial charge in [-0.05, 0) is 48.7 Å². The van der Waals surface area contributed by atoms with E-state index in [0.717, 1.165) is 29.7 Å². The van der Waals surface area contributed by atoms with E-state index in [2.05, 4.69) is 5.32 Å². The monoisotopic (exact) mass is 410 g/mol. The Balaban J connectivity index is 1.72. The van der Waals surface area contributed by atoms with Gasteiger partial charge in [-0.2, -0.15) is 0 Å². The van der Waals surface area contributed by atoms with E-state index in [1.54, 1.807) is 24.3 Å². The summed E-state index contributed by atoms with van der Waals surface area (Å²) in [6.45, 7) is 0.429. The molecule has 0 saturated heterocycles. The summed E-state index contributed by atoms with van der Waals surface area (Å²) in [6, 6.07) is 14.1. The molecule has 146 valence electrons. The van der Waals surface area contributed by atoms with E-state index in [1.165, 1.54) is 11.4 Å². The van der Waals surface area contributed by atoms with E-state index < -0.39 is 10.0 Å². The number of nitrogens with one attached hydrogen (secondary N) is 1. The molecule has 0 heterocycles. The lowest BCUT2D eigenvalue weighted by Gasteiger charge is -2.16. The van der Waals surface area contributed by atoms with Crippen molar-refractivity contribution in [2.75, 3.05) is 30.8 Å². The van der Waals surface area contributed by atoms with Gasteiger partial charge in [-0.3, -0.25) is 9.10 Å². The van der Waals surface area contributed by atoms with E-state index in [4.69, 9.17) is 16.3 Å². The van der Waals surface area contributed by atoms with Gasteiger partial charge < -0.3 is 10.1 Å². The first-order chi connectivity index (χ1) is 12.8. The van der Waals surface area contributed by atoms with E-state index in [0.29, 0.717) is 18.0 Å². The largest absolute Gasteiger partial charge is 0.484 e. The Labute approximate surface area is 165 Å². The molecule has 0 aliphatic carbocycles. The third kappa shape index (κ3) is 6.77. The first-order valence-corrected chi connectivity index (χ1v) is 10.7. The first kappa shape index (κ1) is 21.1. The van der Waals surface area contributed by atoms with Crippen LogP contribution >= 0.6 is 11.6 Å². The molecule has 0 bridgehead atoms. The SMILES string of the molecule is CN(c1ccc(OCC(=O)NCCCc2ccccc2Cl)cc1)S(C)(=O)=O. The molecule has 0 saturated carbocycles. The molecule has 0 fully saturated rings. The number of halogens is 1. The molecule has 0 unspecified atom stereocenters. The number of sulfonamides is 1. The average Bonchev–Trinajstić information content (AvgIpc) is 2.64. The summed E-state index contributed by atoms with van der Waals surface area (Å²) in [7, 11) is -1.84. The van der Waals surface area contributed by atoms with Crippen LogP contribution < -0.4 is 14.4 Å². The second-order valence-corrected chi connectivity index (χ2v) is 8.48. The van der Waals surface area contributed by atoms with Crippen LogP contribution in [0.3, 0.4) is 0 Å². The summed E-state index contributed by atoms with van der Waals surface area (Å²) in [4.78, 5) is 11.9. The van der Waals surface area contributed by atoms with Gasteiger partial charge >= 0.3 is 0 Å². The number of benzene rings is 2. The van der Waals surface area contributed by atoms with Gasteiger partial charge in [0.15, 0.2) is 6.61 Å². The Hall–Kier alpha value is -2.25. The molecule has 6 nitrogen and oxygen atoms in total. The number of aryl methyl sites for hydroxylation is 1. The normalized spacial score (nSPS) is 11.1. The molecule has 1 amide bonds. The van der Waals surface area contributed by atoms with E-state index >= 15 is 0 Å². The molecule has 0 atom stereocenters. The van der Waals surface area contributed by atoms with E-state index in [-0.39, 0.29) is 12.5 Å². The molecule has 0 aliphatic rings. The highest BCUT2D eigenvalue weighted by molar-refractivity contribution is 7.92. The number of carbonyl (C=O) groups is 1. The van der Waals surface area contributed by atoms with Crippen LogP contribution in [-0.2, 0) is 21.2 Å². The van der Waals surface area contributed by atoms with Crippen molar-refractivity contribution in [1.29, 1.82) is 0 Å². The van der Waals surface area contributed by atoms with Crippen molar-refractivity contribution in [2.24, 2.45) is 0 Å². The van der Waals surface area contributed by atoms with Crippen LogP contribution in [0.5, 0.6) is 5.75 Å². The molecular weight excluding hydrogens is 388 g/mol. The summed E-state index contributed by atoms with van der Waals surface area (Å²) in [5, 5.41) is 3.53. The predicted molar refractivity (Wildman–Crippen MR) is 108 cm³/mol. The lowest BCUT2D eigenvalue weighted by molar-refractivity contribution is -0.123. The fourth-order valence-electron chi connectivity index (χ4n) is 2.35. The van der Waals surface area contributed by atoms with Crippen LogP contribution in [-0.4, -0.2) is 40.8 Å². The number of nitrogens with zero attached hydrogens (tertiary/aromatic N) is 1. The zero-order valence-electron chi connectivity index (χ0n) is 15.3. The van der Waals surface area contributed by atoms with Crippen LogP contribution in [0.25, 0.3) is 0 Å². The fourth-order valence-corrected chi connectivity index (χ4v) is 3.09. The fraction of sp³-hybridized carbons (Fsp3) is 0.316. The van der Waals surface area contributed by atoms with Gasteiger partial charge in [0.2, 0.25) is 10.0 Å². The van der Waals surface area contributed by atoms with Crippen molar-refractivity contribution in [3.05, 3.63) is 59.1 Å². The van der Waals surface area contributed by atoms with Crippen molar-refractivity contribution in [3.63, 3.8) is 0 Å². The highest BCUT2D eigenvalue weighted by atomic mass is 35.5. The molecule has 0 radical (unpaired) electrons. The predicted octanol–water partition coefficient (Wildman–Crippen LogP) is 2.86. The number of hydrogen-bond acceptors (Lipinski definition) is 4. The van der Waals surface area contributed by atoms with Gasteiger partial charge in [-0.15, -0.1) is 0 Å². The minimum atomic E-state index is -3.31. The second-order valence-electron chi connectivity index (χ2n) is 6.06. The van der Waals surface area contributed by atoms with Crippen molar-refractivity contribution >= 4 is 33.2 Å². The first-order valence-electron chi connectivity index (χ1n) is 8.44. The number of hydrogen-bond donors (Lipinski definition) is 1. The molecule has 1 N–H and O–H groups in total. The Morgan fingerprint density at radius 3 is 2.44 bits per heavy atom. The molecule has 0 aliphatic heterocycles. The molecule has 8 heteroatoms. The summed E-state index contributed by atoms with van der Waals surface area (Å²) in [5.41, 5.74) is 1.58. The van der Waals surface area contributed by atoms with Crippen LogP contribution in [0.1, 0.15) is 12.0 Å². The van der Waals surface area contributed by atoms with Crippen LogP contribution in [0.2, 0.25) is 5.02 Å². The number of rotatable bonds is 9. The van der Waals surface area contributed by atoms with Gasteiger partial charge in [0.25, 0.3) is 5.91 Å². The number of amides is 1. The molecule has 2 rings (SSSR count). The summed E-state index contributed by atoms with van der Waals surface area (Å²) >= 11 is 6.10. The zero-order valence-corrected chi connectivity index (χ0v) is 16.9. The van der Waals surface area contributed by atoms with E-state index in [9.17, 15) is 13.2 Å². The van der Waals surface area contributed by atoms with Crippen LogP contribution in [0.15, 0.2) is 48.5 Å². The average molecular weight is 411 g/mol. The number of carbonyl (C=O) groups excluding carboxylic acids is 1. The van der Waals surface area contributed by atoms with E-state index in [1.807, 2.05) is 24.3 Å². The number of ether oxygens (including phenoxy) is 1. The highest BCUT2D eigenvalue weighted by Gasteiger charge is 2.11. The quantitative estimate of drug-likeness (QED) is 0.645. The maximum atomic E-state index is 11.9. The highest BCUT2D eigenvalue weighted by Crippen LogP contribution is 2.20. The van der Waals surface area contributed by atoms with Crippen molar-refractivity contribution in [3.8, 4) is 5.75 Å². The molecule has 0 aromatic heterocycles. The van der Waals surface area contributed by atoms with Crippen LogP contribution in [0, 0.1) is 0 Å². The topological polar surface area (TPSA) is 75.7 Å². The molecular formula is C19H23ClN2O4S. The standard InChI is InChI=1S/C19H23ClN2O4S/c1-22(27(2,24)25)16-9-11-17(12-10-16)26-14-19(23)21-13-5-7-15-6-3-4-8-18(15)20/h3-4,6,8-12H,5,7,13-14H2,1-2H3,(H,21,23). The van der Waals surface area contributed by atoms with Crippen molar-refractivity contribution < 1.29 is 17.9 Å². The third-order valence-corrected chi connectivity index (χ3v) is 5.55. The minimum Gasteiger partial charge on any atom is -0.484 e. The van der Waals surface area contributed by atoms with Gasteiger partial charge in [0.05, 0.1) is 11.9 Å². The summed E-state index contributed by atoms with van der Waals surface area (Å²) < 4.78 is 29.6. The summed E-state index contributed by atoms with van der Waals surface area (Å²) in [5.74, 6) is 0.276. The maximum absolute atomic E-state index is 11.9. The summed E-state index contributed by atoms with van der Waals surface area (Å²) in [6.07, 6.45) is 2.70. The Kier molecular flexibility index (Phi) is 7.50. The second kappa shape index (κ2) is 9.62. The third-order valence-electron chi connectivity index (χ3n) is 3.97. The molecule has 27 heavy (non-hydrogen) atoms. The minimum absolute atomic E-state index is 0.104. The van der Waals surface area contributed by atoms with Gasteiger partial charge in [0, 0.05) is 18.6 Å². The lowest BCUT2D eigenvalue weighted by Crippen LogP contribution is -2.30. The van der Waals surface area contributed by atoms with Gasteiger partial charge in [-0.1, -0.05) is 29.8 Å². The molecule has 2 aromatic carbocycles. The van der Waals surface area contributed by atoms with Gasteiger partial charge in [-0.25, -0.2) is 8.42 Å². The Morgan fingerprint density at radius 1 is 1.15 bits per heavy atom. The lowest BCUT2D eigenvalue weighted by atomic mass is 10.1. The Morgan fingerprint density at radius 2 is 1.81 bits per heavy atom. The van der Waals surface area contributed by atoms with Gasteiger partial charge in [0.1, 0.15) is 5.75 Å². The zero-order chi connectivity index (χ0) is 19.9.